The Morgan fingerprint density at radius 2 is 2.14 bits per heavy atom. The molecule has 1 aromatic carbocycles. The van der Waals surface area contributed by atoms with Crippen LogP contribution in [0, 0.1) is 17.2 Å². The number of rotatable bonds is 6. The van der Waals surface area contributed by atoms with Crippen LogP contribution in [0.5, 0.6) is 5.75 Å². The Labute approximate surface area is 127 Å². The fourth-order valence-corrected chi connectivity index (χ4v) is 2.88. The Bertz CT molecular complexity index is 487. The zero-order valence-corrected chi connectivity index (χ0v) is 13.1. The van der Waals surface area contributed by atoms with Gasteiger partial charge in [0, 0.05) is 6.54 Å². The highest BCUT2D eigenvalue weighted by Gasteiger charge is 2.19. The van der Waals surface area contributed by atoms with E-state index in [1.54, 1.807) is 7.11 Å². The zero-order valence-electron chi connectivity index (χ0n) is 13.1. The highest BCUT2D eigenvalue weighted by molar-refractivity contribution is 5.45. The van der Waals surface area contributed by atoms with E-state index in [1.165, 1.54) is 18.4 Å². The fourth-order valence-electron chi connectivity index (χ4n) is 2.88. The molecule has 0 atom stereocenters. The van der Waals surface area contributed by atoms with Gasteiger partial charge in [-0.15, -0.1) is 0 Å². The molecule has 4 heteroatoms. The molecule has 1 fully saturated rings. The second kappa shape index (κ2) is 8.02. The molecule has 1 aromatic rings. The molecule has 1 heterocycles. The number of nitriles is 1. The van der Waals surface area contributed by atoms with E-state index in [0.29, 0.717) is 11.3 Å². The molecule has 0 spiro atoms. The van der Waals surface area contributed by atoms with Gasteiger partial charge in [0.25, 0.3) is 0 Å². The third-order valence-corrected chi connectivity index (χ3v) is 4.18. The van der Waals surface area contributed by atoms with Crippen LogP contribution >= 0.6 is 0 Å². The third-order valence-electron chi connectivity index (χ3n) is 4.18. The van der Waals surface area contributed by atoms with Crippen LogP contribution < -0.4 is 10.1 Å². The molecule has 1 saturated heterocycles. The number of hydrogen-bond donors (Lipinski definition) is 1. The number of benzene rings is 1. The molecule has 0 aliphatic carbocycles. The molecule has 114 valence electrons. The van der Waals surface area contributed by atoms with E-state index in [-0.39, 0.29) is 0 Å². The predicted octanol–water partition coefficient (Wildman–Crippen LogP) is 2.39. The van der Waals surface area contributed by atoms with Crippen LogP contribution in [0.15, 0.2) is 18.2 Å². The molecular weight excluding hydrogens is 262 g/mol. The van der Waals surface area contributed by atoms with Gasteiger partial charge in [-0.25, -0.2) is 0 Å². The second-order valence-electron chi connectivity index (χ2n) is 5.67. The first-order chi connectivity index (χ1) is 10.3. The van der Waals surface area contributed by atoms with Crippen LogP contribution in [0.1, 0.15) is 30.9 Å². The number of methoxy groups -OCH3 is 1. The van der Waals surface area contributed by atoms with Crippen molar-refractivity contribution < 1.29 is 4.74 Å². The van der Waals surface area contributed by atoms with Crippen molar-refractivity contribution in [3.8, 4) is 11.8 Å². The van der Waals surface area contributed by atoms with Crippen LogP contribution in [-0.2, 0) is 6.54 Å². The summed E-state index contributed by atoms with van der Waals surface area (Å²) in [6.07, 6.45) is 2.53. The lowest BCUT2D eigenvalue weighted by molar-refractivity contribution is 0.175. The van der Waals surface area contributed by atoms with Crippen LogP contribution in [0.2, 0.25) is 0 Å². The van der Waals surface area contributed by atoms with Crippen LogP contribution in [0.4, 0.5) is 0 Å². The summed E-state index contributed by atoms with van der Waals surface area (Å²) in [5.41, 5.74) is 1.82. The maximum Gasteiger partial charge on any atom is 0.136 e. The molecule has 1 N–H and O–H groups in total. The Kier molecular flexibility index (Phi) is 6.04. The Hall–Kier alpha value is -1.57. The zero-order chi connectivity index (χ0) is 15.1. The summed E-state index contributed by atoms with van der Waals surface area (Å²) in [6.45, 7) is 7.61. The monoisotopic (exact) mass is 287 g/mol. The van der Waals surface area contributed by atoms with Gasteiger partial charge < -0.3 is 10.1 Å². The van der Waals surface area contributed by atoms with Crippen molar-refractivity contribution in [2.45, 2.75) is 26.3 Å². The predicted molar refractivity (Wildman–Crippen MR) is 84.3 cm³/mol. The number of piperidine rings is 1. The Morgan fingerprint density at radius 1 is 1.38 bits per heavy atom. The SMILES string of the molecule is CCNCC1CCN(Cc2ccc(C#N)c(OC)c2)CC1. The lowest BCUT2D eigenvalue weighted by Crippen LogP contribution is -2.36. The Balaban J connectivity index is 1.87. The fraction of sp³-hybridized carbons (Fsp3) is 0.588. The molecule has 0 bridgehead atoms. The smallest absolute Gasteiger partial charge is 0.136 e. The Morgan fingerprint density at radius 3 is 2.76 bits per heavy atom. The van der Waals surface area contributed by atoms with Gasteiger partial charge in [0.2, 0.25) is 0 Å². The van der Waals surface area contributed by atoms with Crippen LogP contribution in [0.3, 0.4) is 0 Å². The second-order valence-corrected chi connectivity index (χ2v) is 5.67. The summed E-state index contributed by atoms with van der Waals surface area (Å²) in [6, 6.07) is 8.03. The summed E-state index contributed by atoms with van der Waals surface area (Å²) in [5, 5.41) is 12.5. The summed E-state index contributed by atoms with van der Waals surface area (Å²) in [4.78, 5) is 2.49. The summed E-state index contributed by atoms with van der Waals surface area (Å²) in [5.74, 6) is 1.49. The quantitative estimate of drug-likeness (QED) is 0.873. The van der Waals surface area contributed by atoms with Crippen molar-refractivity contribution in [3.05, 3.63) is 29.3 Å². The minimum atomic E-state index is 0.602. The van der Waals surface area contributed by atoms with E-state index < -0.39 is 0 Å². The lowest BCUT2D eigenvalue weighted by atomic mass is 9.96. The van der Waals surface area contributed by atoms with Gasteiger partial charge in [0.05, 0.1) is 12.7 Å². The summed E-state index contributed by atoms with van der Waals surface area (Å²) < 4.78 is 5.28. The number of nitrogens with zero attached hydrogens (tertiary/aromatic N) is 2. The largest absolute Gasteiger partial charge is 0.495 e. The van der Waals surface area contributed by atoms with Gasteiger partial charge in [-0.05, 0) is 62.6 Å². The first kappa shape index (κ1) is 15.8. The highest BCUT2D eigenvalue weighted by atomic mass is 16.5. The molecule has 0 radical (unpaired) electrons. The van der Waals surface area contributed by atoms with Crippen LogP contribution in [0.25, 0.3) is 0 Å². The van der Waals surface area contributed by atoms with Gasteiger partial charge in [-0.3, -0.25) is 4.90 Å². The normalized spacial score (nSPS) is 16.6. The molecule has 0 saturated carbocycles. The maximum atomic E-state index is 9.02. The van der Waals surface area contributed by atoms with Crippen molar-refractivity contribution in [2.75, 3.05) is 33.3 Å². The minimum Gasteiger partial charge on any atom is -0.495 e. The molecule has 0 aromatic heterocycles. The van der Waals surface area contributed by atoms with Gasteiger partial charge in [-0.1, -0.05) is 13.0 Å². The van der Waals surface area contributed by atoms with Crippen LogP contribution in [-0.4, -0.2) is 38.2 Å². The molecule has 1 aliphatic heterocycles. The average molecular weight is 287 g/mol. The maximum absolute atomic E-state index is 9.02. The number of hydrogen-bond acceptors (Lipinski definition) is 4. The number of ether oxygens (including phenoxy) is 1. The van der Waals surface area contributed by atoms with E-state index in [2.05, 4.69) is 23.2 Å². The highest BCUT2D eigenvalue weighted by Crippen LogP contribution is 2.22. The molecule has 1 aliphatic rings. The third kappa shape index (κ3) is 4.45. The van der Waals surface area contributed by atoms with Crippen molar-refractivity contribution in [1.29, 1.82) is 5.26 Å². The van der Waals surface area contributed by atoms with Gasteiger partial charge in [0.1, 0.15) is 11.8 Å². The summed E-state index contributed by atoms with van der Waals surface area (Å²) in [7, 11) is 1.62. The van der Waals surface area contributed by atoms with Crippen molar-refractivity contribution in [1.82, 2.24) is 10.2 Å². The van der Waals surface area contributed by atoms with E-state index in [9.17, 15) is 0 Å². The van der Waals surface area contributed by atoms with Crippen molar-refractivity contribution in [2.24, 2.45) is 5.92 Å². The lowest BCUT2D eigenvalue weighted by Gasteiger charge is -2.32. The molecule has 2 rings (SSSR count). The van der Waals surface area contributed by atoms with Crippen molar-refractivity contribution >= 4 is 0 Å². The van der Waals surface area contributed by atoms with Crippen molar-refractivity contribution in [3.63, 3.8) is 0 Å². The summed E-state index contributed by atoms with van der Waals surface area (Å²) >= 11 is 0. The minimum absolute atomic E-state index is 0.602. The topological polar surface area (TPSA) is 48.3 Å². The molecule has 21 heavy (non-hydrogen) atoms. The van der Waals surface area contributed by atoms with E-state index in [0.717, 1.165) is 38.6 Å². The van der Waals surface area contributed by atoms with E-state index in [1.807, 2.05) is 18.2 Å². The standard InChI is InChI=1S/C17H25N3O/c1-3-19-12-14-6-8-20(9-7-14)13-15-4-5-16(11-18)17(10-15)21-2/h4-5,10,14,19H,3,6-9,12-13H2,1-2H3. The van der Waals surface area contributed by atoms with Gasteiger partial charge in [0.15, 0.2) is 0 Å². The van der Waals surface area contributed by atoms with E-state index >= 15 is 0 Å². The molecule has 0 amide bonds. The molecular formula is C17H25N3O. The molecule has 4 nitrogen and oxygen atoms in total. The first-order valence-electron chi connectivity index (χ1n) is 7.77. The van der Waals surface area contributed by atoms with Gasteiger partial charge in [-0.2, -0.15) is 5.26 Å². The molecule has 0 unspecified atom stereocenters. The van der Waals surface area contributed by atoms with Gasteiger partial charge >= 0.3 is 0 Å². The van der Waals surface area contributed by atoms with E-state index in [4.69, 9.17) is 10.00 Å². The number of nitrogens with one attached hydrogen (secondary N) is 1. The first-order valence-corrected chi connectivity index (χ1v) is 7.77. The number of likely N-dealkylation sites (tertiary alicyclic amines) is 1. The average Bonchev–Trinajstić information content (AvgIpc) is 2.54.